The normalized spacial score (nSPS) is 50.1. The highest BCUT2D eigenvalue weighted by Gasteiger charge is 2.60. The second kappa shape index (κ2) is 3.46. The van der Waals surface area contributed by atoms with E-state index in [4.69, 9.17) is 5.73 Å². The Hall–Kier alpha value is -0.120. The molecule has 0 radical (unpaired) electrons. The lowest BCUT2D eigenvalue weighted by Gasteiger charge is -2.31. The molecule has 1 aliphatic heterocycles. The maximum absolute atomic E-state index is 10.4. The standard InChI is InChI=1S/C14H24N2O/c15-4-3-14(1-2-14)8-16-7-10-5-9-6-11(10)12(16)13(9)17/h9-13,17H,1-8,15H2. The van der Waals surface area contributed by atoms with Gasteiger partial charge in [-0.25, -0.2) is 0 Å². The molecule has 3 heteroatoms. The van der Waals surface area contributed by atoms with E-state index in [0.717, 1.165) is 18.4 Å². The van der Waals surface area contributed by atoms with E-state index in [1.807, 2.05) is 0 Å². The van der Waals surface area contributed by atoms with E-state index in [9.17, 15) is 5.11 Å². The van der Waals surface area contributed by atoms with Gasteiger partial charge in [0.05, 0.1) is 6.10 Å². The summed E-state index contributed by atoms with van der Waals surface area (Å²) in [7, 11) is 0. The van der Waals surface area contributed by atoms with Gasteiger partial charge in [0.2, 0.25) is 0 Å². The molecule has 3 N–H and O–H groups in total. The molecule has 17 heavy (non-hydrogen) atoms. The van der Waals surface area contributed by atoms with Crippen molar-refractivity contribution >= 4 is 0 Å². The molecule has 5 unspecified atom stereocenters. The highest BCUT2D eigenvalue weighted by molar-refractivity contribution is 5.12. The van der Waals surface area contributed by atoms with Gasteiger partial charge in [0.1, 0.15) is 0 Å². The third-order valence-corrected chi connectivity index (χ3v) is 6.12. The van der Waals surface area contributed by atoms with E-state index >= 15 is 0 Å². The number of hydrogen-bond donors (Lipinski definition) is 2. The minimum atomic E-state index is -0.0209. The van der Waals surface area contributed by atoms with Gasteiger partial charge in [-0.1, -0.05) is 0 Å². The minimum absolute atomic E-state index is 0.0209. The molecule has 4 rings (SSSR count). The SMILES string of the molecule is NCCC1(CN2CC3CC4CC3C2C4O)CC1. The predicted molar refractivity (Wildman–Crippen MR) is 66.4 cm³/mol. The third-order valence-electron chi connectivity index (χ3n) is 6.12. The number of nitrogens with two attached hydrogens (primary N) is 1. The van der Waals surface area contributed by atoms with Crippen LogP contribution < -0.4 is 5.73 Å². The molecule has 1 saturated heterocycles. The lowest BCUT2D eigenvalue weighted by molar-refractivity contribution is 0.0433. The Morgan fingerprint density at radius 3 is 2.71 bits per heavy atom. The lowest BCUT2D eigenvalue weighted by Crippen LogP contribution is -2.43. The van der Waals surface area contributed by atoms with E-state index in [-0.39, 0.29) is 6.10 Å². The monoisotopic (exact) mass is 236 g/mol. The predicted octanol–water partition coefficient (Wildman–Crippen LogP) is 0.816. The van der Waals surface area contributed by atoms with E-state index in [0.29, 0.717) is 17.4 Å². The minimum Gasteiger partial charge on any atom is -0.391 e. The number of rotatable bonds is 4. The molecule has 96 valence electrons. The van der Waals surface area contributed by atoms with Gasteiger partial charge < -0.3 is 10.8 Å². The zero-order chi connectivity index (χ0) is 11.6. The number of aliphatic hydroxyl groups is 1. The number of likely N-dealkylation sites (tertiary alicyclic amines) is 1. The fourth-order valence-electron chi connectivity index (χ4n) is 5.12. The molecule has 0 aromatic rings. The largest absolute Gasteiger partial charge is 0.391 e. The van der Waals surface area contributed by atoms with Crippen LogP contribution in [0.5, 0.6) is 0 Å². The van der Waals surface area contributed by atoms with Crippen LogP contribution in [-0.2, 0) is 0 Å². The van der Waals surface area contributed by atoms with E-state index in [1.54, 1.807) is 0 Å². The smallest absolute Gasteiger partial charge is 0.0726 e. The van der Waals surface area contributed by atoms with Crippen molar-refractivity contribution in [3.05, 3.63) is 0 Å². The van der Waals surface area contributed by atoms with E-state index in [1.165, 1.54) is 45.2 Å². The molecule has 4 aliphatic rings. The summed E-state index contributed by atoms with van der Waals surface area (Å²) in [5, 5.41) is 10.4. The summed E-state index contributed by atoms with van der Waals surface area (Å²) >= 11 is 0. The first kappa shape index (κ1) is 10.8. The molecule has 0 aromatic heterocycles. The van der Waals surface area contributed by atoms with Crippen LogP contribution in [0.2, 0.25) is 0 Å². The fourth-order valence-corrected chi connectivity index (χ4v) is 5.12. The van der Waals surface area contributed by atoms with Crippen LogP contribution in [0.4, 0.5) is 0 Å². The van der Waals surface area contributed by atoms with Crippen molar-refractivity contribution in [1.29, 1.82) is 0 Å². The highest BCUT2D eigenvalue weighted by Crippen LogP contribution is 2.57. The highest BCUT2D eigenvalue weighted by atomic mass is 16.3. The maximum Gasteiger partial charge on any atom is 0.0726 e. The zero-order valence-corrected chi connectivity index (χ0v) is 10.5. The topological polar surface area (TPSA) is 49.5 Å². The molecule has 3 aliphatic carbocycles. The Kier molecular flexibility index (Phi) is 2.19. The van der Waals surface area contributed by atoms with Crippen LogP contribution in [0, 0.1) is 23.2 Å². The number of hydrogen-bond acceptors (Lipinski definition) is 3. The molecule has 4 fully saturated rings. The molecular formula is C14H24N2O. The summed E-state index contributed by atoms with van der Waals surface area (Å²) < 4.78 is 0. The molecular weight excluding hydrogens is 212 g/mol. The van der Waals surface area contributed by atoms with Gasteiger partial charge in [-0.15, -0.1) is 0 Å². The van der Waals surface area contributed by atoms with Gasteiger partial charge in [-0.05, 0) is 61.8 Å². The van der Waals surface area contributed by atoms with Crippen molar-refractivity contribution in [2.24, 2.45) is 28.9 Å². The van der Waals surface area contributed by atoms with Crippen molar-refractivity contribution in [3.63, 3.8) is 0 Å². The Morgan fingerprint density at radius 2 is 2.06 bits per heavy atom. The van der Waals surface area contributed by atoms with Crippen molar-refractivity contribution in [3.8, 4) is 0 Å². The zero-order valence-electron chi connectivity index (χ0n) is 10.5. The quantitative estimate of drug-likeness (QED) is 0.759. The molecule has 3 saturated carbocycles. The van der Waals surface area contributed by atoms with Crippen molar-refractivity contribution in [1.82, 2.24) is 4.90 Å². The van der Waals surface area contributed by atoms with Gasteiger partial charge in [-0.2, -0.15) is 0 Å². The average Bonchev–Trinajstić information content (AvgIpc) is 2.68. The maximum atomic E-state index is 10.4. The summed E-state index contributed by atoms with van der Waals surface area (Å²) in [6.07, 6.45) is 6.49. The summed E-state index contributed by atoms with van der Waals surface area (Å²) in [6.45, 7) is 3.30. The summed E-state index contributed by atoms with van der Waals surface area (Å²) in [5.74, 6) is 2.36. The number of fused-ring (bicyclic) bond motifs is 1. The number of aliphatic hydroxyl groups excluding tert-OH is 1. The first-order chi connectivity index (χ1) is 8.22. The van der Waals surface area contributed by atoms with E-state index < -0.39 is 0 Å². The van der Waals surface area contributed by atoms with Gasteiger partial charge in [0.25, 0.3) is 0 Å². The van der Waals surface area contributed by atoms with Crippen molar-refractivity contribution in [2.45, 2.75) is 44.2 Å². The Morgan fingerprint density at radius 1 is 1.24 bits per heavy atom. The third kappa shape index (κ3) is 1.45. The molecule has 1 heterocycles. The first-order valence-electron chi connectivity index (χ1n) is 7.35. The van der Waals surface area contributed by atoms with Gasteiger partial charge >= 0.3 is 0 Å². The second-order valence-electron chi connectivity index (χ2n) is 7.10. The summed E-state index contributed by atoms with van der Waals surface area (Å²) in [6, 6.07) is 0.508. The Balaban J connectivity index is 1.49. The molecule has 2 bridgehead atoms. The van der Waals surface area contributed by atoms with Crippen LogP contribution in [0.25, 0.3) is 0 Å². The molecule has 5 atom stereocenters. The molecule has 0 aromatic carbocycles. The van der Waals surface area contributed by atoms with Crippen LogP contribution in [0.15, 0.2) is 0 Å². The van der Waals surface area contributed by atoms with Gasteiger partial charge in [0.15, 0.2) is 0 Å². The van der Waals surface area contributed by atoms with Crippen LogP contribution >= 0.6 is 0 Å². The van der Waals surface area contributed by atoms with Gasteiger partial charge in [-0.3, -0.25) is 4.90 Å². The van der Waals surface area contributed by atoms with Crippen LogP contribution in [0.3, 0.4) is 0 Å². The second-order valence-corrected chi connectivity index (χ2v) is 7.10. The Labute approximate surface area is 103 Å². The van der Waals surface area contributed by atoms with Gasteiger partial charge in [0, 0.05) is 19.1 Å². The van der Waals surface area contributed by atoms with Crippen molar-refractivity contribution < 1.29 is 5.11 Å². The lowest BCUT2D eigenvalue weighted by atomic mass is 9.88. The van der Waals surface area contributed by atoms with Crippen LogP contribution in [-0.4, -0.2) is 41.8 Å². The molecule has 3 nitrogen and oxygen atoms in total. The Bertz CT molecular complexity index is 326. The van der Waals surface area contributed by atoms with Crippen LogP contribution in [0.1, 0.15) is 32.1 Å². The summed E-state index contributed by atoms with van der Waals surface area (Å²) in [5.41, 5.74) is 6.27. The molecule has 0 amide bonds. The number of nitrogens with zero attached hydrogens (tertiary/aromatic N) is 1. The summed E-state index contributed by atoms with van der Waals surface area (Å²) in [4.78, 5) is 2.63. The molecule has 0 spiro atoms. The first-order valence-corrected chi connectivity index (χ1v) is 7.35. The van der Waals surface area contributed by atoms with E-state index in [2.05, 4.69) is 4.90 Å². The fraction of sp³-hybridized carbons (Fsp3) is 1.00. The van der Waals surface area contributed by atoms with Crippen molar-refractivity contribution in [2.75, 3.05) is 19.6 Å². The average molecular weight is 236 g/mol.